The van der Waals surface area contributed by atoms with Gasteiger partial charge in [0.05, 0.1) is 11.2 Å². The maximum absolute atomic E-state index is 14.3. The minimum atomic E-state index is -4.14. The number of H-pyrrole nitrogens is 1. The van der Waals surface area contributed by atoms with Crippen LogP contribution >= 0.6 is 19.2 Å². The summed E-state index contributed by atoms with van der Waals surface area (Å²) in [4.78, 5) is 35.7. The van der Waals surface area contributed by atoms with Gasteiger partial charge in [-0.2, -0.15) is 0 Å². The molecule has 0 spiro atoms. The molecule has 1 atom stereocenters. The Morgan fingerprint density at radius 1 is 1.38 bits per heavy atom. The van der Waals surface area contributed by atoms with E-state index in [-0.39, 0.29) is 18.1 Å². The van der Waals surface area contributed by atoms with E-state index in [1.54, 1.807) is 17.2 Å². The molecule has 1 fully saturated rings. The standard InChI is InChI=1S/C17H19ClFN6O3P/c18-10-4-12-13(6-21-15(12)20-5-10)16-22-7-14(19)17(24-16)23-11-2-1-3-25(8-11)9-29(26,27)28/h4-7,11H,1-3,8-9H2,(H,20,21)(H,22,23,24)(H2,26,27,28). The zero-order valence-electron chi connectivity index (χ0n) is 15.2. The molecule has 1 unspecified atom stereocenters. The van der Waals surface area contributed by atoms with Crippen LogP contribution < -0.4 is 5.32 Å². The highest BCUT2D eigenvalue weighted by molar-refractivity contribution is 7.51. The van der Waals surface area contributed by atoms with Gasteiger partial charge in [0.2, 0.25) is 0 Å². The number of hydrogen-bond donors (Lipinski definition) is 4. The van der Waals surface area contributed by atoms with Gasteiger partial charge < -0.3 is 20.1 Å². The lowest BCUT2D eigenvalue weighted by atomic mass is 10.1. The van der Waals surface area contributed by atoms with Crippen molar-refractivity contribution >= 4 is 36.0 Å². The fourth-order valence-electron chi connectivity index (χ4n) is 3.52. The number of rotatable bonds is 5. The molecule has 0 saturated carbocycles. The first-order valence-electron chi connectivity index (χ1n) is 8.97. The number of aromatic nitrogens is 4. The Bertz CT molecular complexity index is 1090. The largest absolute Gasteiger partial charge is 0.363 e. The van der Waals surface area contributed by atoms with Crippen LogP contribution in [0.25, 0.3) is 22.4 Å². The van der Waals surface area contributed by atoms with Gasteiger partial charge in [0.25, 0.3) is 0 Å². The molecule has 4 heterocycles. The van der Waals surface area contributed by atoms with E-state index in [2.05, 4.69) is 25.3 Å². The number of nitrogens with zero attached hydrogens (tertiary/aromatic N) is 4. The molecule has 4 N–H and O–H groups in total. The van der Waals surface area contributed by atoms with Crippen LogP contribution in [0.4, 0.5) is 10.2 Å². The lowest BCUT2D eigenvalue weighted by Crippen LogP contribution is -2.42. The first kappa shape index (κ1) is 20.2. The maximum Gasteiger partial charge on any atom is 0.339 e. The summed E-state index contributed by atoms with van der Waals surface area (Å²) < 4.78 is 25.6. The highest BCUT2D eigenvalue weighted by atomic mass is 35.5. The Balaban J connectivity index is 1.57. The smallest absolute Gasteiger partial charge is 0.339 e. The Morgan fingerprint density at radius 3 is 3.00 bits per heavy atom. The molecule has 9 nitrogen and oxygen atoms in total. The number of halogens is 2. The number of pyridine rings is 1. The number of nitrogens with one attached hydrogen (secondary N) is 2. The van der Waals surface area contributed by atoms with Gasteiger partial charge in [0.15, 0.2) is 17.5 Å². The maximum atomic E-state index is 14.3. The van der Waals surface area contributed by atoms with Crippen LogP contribution in [0.3, 0.4) is 0 Å². The second kappa shape index (κ2) is 7.97. The van der Waals surface area contributed by atoms with Crippen molar-refractivity contribution in [1.29, 1.82) is 0 Å². The minimum absolute atomic E-state index is 0.0439. The van der Waals surface area contributed by atoms with Gasteiger partial charge in [0.1, 0.15) is 11.9 Å². The number of fused-ring (bicyclic) bond motifs is 1. The van der Waals surface area contributed by atoms with Crippen molar-refractivity contribution < 1.29 is 18.7 Å². The topological polar surface area (TPSA) is 127 Å². The highest BCUT2D eigenvalue weighted by Gasteiger charge is 2.26. The third-order valence-corrected chi connectivity index (χ3v) is 5.69. The SMILES string of the molecule is O=P(O)(O)CN1CCCC(Nc2nc(-c3c[nH]c4ncc(Cl)cc34)ncc2F)C1. The lowest BCUT2D eigenvalue weighted by Gasteiger charge is -2.33. The molecular weight excluding hydrogens is 422 g/mol. The lowest BCUT2D eigenvalue weighted by molar-refractivity contribution is 0.226. The van der Waals surface area contributed by atoms with Crippen LogP contribution in [0.2, 0.25) is 5.02 Å². The number of likely N-dealkylation sites (tertiary alicyclic amines) is 1. The molecule has 0 aromatic carbocycles. The van der Waals surface area contributed by atoms with E-state index >= 15 is 0 Å². The molecule has 154 valence electrons. The third-order valence-electron chi connectivity index (χ3n) is 4.71. The van der Waals surface area contributed by atoms with Gasteiger partial charge in [-0.15, -0.1) is 0 Å². The average Bonchev–Trinajstić information content (AvgIpc) is 3.05. The van der Waals surface area contributed by atoms with Gasteiger partial charge in [-0.3, -0.25) is 9.46 Å². The van der Waals surface area contributed by atoms with Crippen molar-refractivity contribution in [2.45, 2.75) is 18.9 Å². The van der Waals surface area contributed by atoms with Crippen molar-refractivity contribution in [1.82, 2.24) is 24.8 Å². The van der Waals surface area contributed by atoms with Gasteiger partial charge in [-0.25, -0.2) is 19.3 Å². The van der Waals surface area contributed by atoms with Gasteiger partial charge in [-0.05, 0) is 25.5 Å². The summed E-state index contributed by atoms with van der Waals surface area (Å²) in [5.41, 5.74) is 1.26. The Hall–Kier alpha value is -2.10. The van der Waals surface area contributed by atoms with E-state index in [0.717, 1.165) is 24.4 Å². The molecular formula is C17H19ClFN6O3P. The average molecular weight is 441 g/mol. The molecule has 12 heteroatoms. The van der Waals surface area contributed by atoms with E-state index < -0.39 is 13.4 Å². The molecule has 29 heavy (non-hydrogen) atoms. The van der Waals surface area contributed by atoms with Crippen LogP contribution in [-0.2, 0) is 4.57 Å². The quantitative estimate of drug-likeness (QED) is 0.446. The third kappa shape index (κ3) is 4.73. The molecule has 1 aliphatic heterocycles. The van der Waals surface area contributed by atoms with Crippen LogP contribution in [0.15, 0.2) is 24.7 Å². The normalized spacial score (nSPS) is 18.3. The van der Waals surface area contributed by atoms with Crippen molar-refractivity contribution in [3.8, 4) is 11.4 Å². The summed E-state index contributed by atoms with van der Waals surface area (Å²) in [5, 5.41) is 4.24. The summed E-state index contributed by atoms with van der Waals surface area (Å²) in [7, 11) is -4.14. The summed E-state index contributed by atoms with van der Waals surface area (Å²) in [5.74, 6) is -0.244. The van der Waals surface area contributed by atoms with Crippen molar-refractivity contribution in [3.63, 3.8) is 0 Å². The molecule has 1 aliphatic rings. The summed E-state index contributed by atoms with van der Waals surface area (Å²) >= 11 is 6.03. The molecule has 1 saturated heterocycles. The first-order valence-corrected chi connectivity index (χ1v) is 11.1. The van der Waals surface area contributed by atoms with E-state index in [4.69, 9.17) is 11.6 Å². The van der Waals surface area contributed by atoms with E-state index in [1.807, 2.05) is 0 Å². The van der Waals surface area contributed by atoms with Crippen LogP contribution in [0, 0.1) is 5.82 Å². The second-order valence-electron chi connectivity index (χ2n) is 7.01. The number of piperidine rings is 1. The number of hydrogen-bond acceptors (Lipinski definition) is 6. The Labute approximate surface area is 170 Å². The predicted molar refractivity (Wildman–Crippen MR) is 107 cm³/mol. The fourth-order valence-corrected chi connectivity index (χ4v) is 4.45. The van der Waals surface area contributed by atoms with Crippen molar-refractivity contribution in [2.24, 2.45) is 0 Å². The Morgan fingerprint density at radius 2 is 2.21 bits per heavy atom. The predicted octanol–water partition coefficient (Wildman–Crippen LogP) is 2.82. The zero-order chi connectivity index (χ0) is 20.6. The van der Waals surface area contributed by atoms with E-state index in [0.29, 0.717) is 35.1 Å². The number of aromatic amines is 1. The molecule has 0 amide bonds. The highest BCUT2D eigenvalue weighted by Crippen LogP contribution is 2.36. The molecule has 4 rings (SSSR count). The summed E-state index contributed by atoms with van der Waals surface area (Å²) in [6.07, 6.45) is 5.47. The molecule has 0 aliphatic carbocycles. The van der Waals surface area contributed by atoms with E-state index in [9.17, 15) is 18.7 Å². The van der Waals surface area contributed by atoms with Crippen LogP contribution in [0.1, 0.15) is 12.8 Å². The summed E-state index contributed by atoms with van der Waals surface area (Å²) in [6, 6.07) is 1.54. The van der Waals surface area contributed by atoms with Gasteiger partial charge in [0, 0.05) is 35.9 Å². The van der Waals surface area contributed by atoms with E-state index in [1.165, 1.54) is 6.20 Å². The van der Waals surface area contributed by atoms with Gasteiger partial charge >= 0.3 is 7.60 Å². The Kier molecular flexibility index (Phi) is 5.54. The monoisotopic (exact) mass is 440 g/mol. The number of anilines is 1. The van der Waals surface area contributed by atoms with Crippen LogP contribution in [0.5, 0.6) is 0 Å². The molecule has 3 aromatic heterocycles. The molecule has 0 bridgehead atoms. The van der Waals surface area contributed by atoms with Crippen molar-refractivity contribution in [2.75, 3.05) is 24.7 Å². The molecule has 3 aromatic rings. The minimum Gasteiger partial charge on any atom is -0.363 e. The fraction of sp³-hybridized carbons (Fsp3) is 0.353. The molecule has 0 radical (unpaired) electrons. The van der Waals surface area contributed by atoms with Crippen LogP contribution in [-0.4, -0.2) is 60.0 Å². The van der Waals surface area contributed by atoms with Crippen molar-refractivity contribution in [3.05, 3.63) is 35.5 Å². The van der Waals surface area contributed by atoms with Gasteiger partial charge in [-0.1, -0.05) is 11.6 Å². The second-order valence-corrected chi connectivity index (χ2v) is 9.06. The zero-order valence-corrected chi connectivity index (χ0v) is 16.9. The first-order chi connectivity index (χ1) is 13.8. The summed E-state index contributed by atoms with van der Waals surface area (Å²) in [6.45, 7) is 0.973.